The first kappa shape index (κ1) is 21.7. The van der Waals surface area contributed by atoms with E-state index >= 15 is 0 Å². The van der Waals surface area contributed by atoms with E-state index in [9.17, 15) is 9.59 Å². The number of hydrogen-bond donors (Lipinski definition) is 0. The number of hydrogen-bond acceptors (Lipinski definition) is 4. The fraction of sp³-hybridized carbons (Fsp3) is 0.417. The topological polar surface area (TPSA) is 52.6 Å². The molecule has 2 aromatic carbocycles. The van der Waals surface area contributed by atoms with Crippen molar-refractivity contribution in [1.29, 1.82) is 0 Å². The fourth-order valence-corrected chi connectivity index (χ4v) is 2.24. The molecule has 0 aliphatic carbocycles. The molecule has 28 heavy (non-hydrogen) atoms. The predicted molar refractivity (Wildman–Crippen MR) is 112 cm³/mol. The third kappa shape index (κ3) is 6.22. The highest BCUT2D eigenvalue weighted by Gasteiger charge is 2.22. The quantitative estimate of drug-likeness (QED) is 0.648. The molecule has 0 saturated carbocycles. The lowest BCUT2D eigenvalue weighted by molar-refractivity contribution is -0.128. The molecule has 150 valence electrons. The highest BCUT2D eigenvalue weighted by Crippen LogP contribution is 2.26. The Labute approximate surface area is 167 Å². The molecule has 0 N–H and O–H groups in total. The van der Waals surface area contributed by atoms with E-state index in [0.29, 0.717) is 11.5 Å². The minimum atomic E-state index is -0.415. The normalized spacial score (nSPS) is 11.8. The van der Waals surface area contributed by atoms with Crippen molar-refractivity contribution < 1.29 is 19.1 Å². The van der Waals surface area contributed by atoms with Gasteiger partial charge in [0.25, 0.3) is 0 Å². The highest BCUT2D eigenvalue weighted by atomic mass is 16.5. The number of carbonyl (C=O) groups is 2. The summed E-state index contributed by atoms with van der Waals surface area (Å²) in [5, 5.41) is 0. The Balaban J connectivity index is 2.02. The largest absolute Gasteiger partial charge is 0.486 e. The van der Waals surface area contributed by atoms with Gasteiger partial charge in [0.05, 0.1) is 0 Å². The van der Waals surface area contributed by atoms with Crippen molar-refractivity contribution in [3.8, 4) is 22.6 Å². The molecule has 2 rings (SSSR count). The van der Waals surface area contributed by atoms with E-state index in [1.54, 1.807) is 0 Å². The van der Waals surface area contributed by atoms with Gasteiger partial charge < -0.3 is 9.47 Å². The monoisotopic (exact) mass is 382 g/mol. The Morgan fingerprint density at radius 2 is 1.18 bits per heavy atom. The van der Waals surface area contributed by atoms with Gasteiger partial charge in [0, 0.05) is 10.8 Å². The molecule has 0 fully saturated rings. The van der Waals surface area contributed by atoms with Gasteiger partial charge in [-0.1, -0.05) is 65.8 Å². The van der Waals surface area contributed by atoms with Crippen LogP contribution in [0.15, 0.2) is 48.5 Å². The van der Waals surface area contributed by atoms with Crippen LogP contribution in [0.1, 0.15) is 41.5 Å². The second kappa shape index (κ2) is 8.59. The first-order valence-electron chi connectivity index (χ1n) is 9.49. The van der Waals surface area contributed by atoms with Gasteiger partial charge in [-0.25, -0.2) is 0 Å². The van der Waals surface area contributed by atoms with Crippen LogP contribution in [-0.4, -0.2) is 24.8 Å². The first-order valence-corrected chi connectivity index (χ1v) is 9.49. The lowest BCUT2D eigenvalue weighted by Crippen LogP contribution is -2.26. The fourth-order valence-electron chi connectivity index (χ4n) is 2.24. The molecule has 4 heteroatoms. The van der Waals surface area contributed by atoms with Crippen LogP contribution < -0.4 is 9.47 Å². The Bertz CT molecular complexity index is 821. The number of rotatable bonds is 7. The van der Waals surface area contributed by atoms with Crippen molar-refractivity contribution in [3.05, 3.63) is 48.5 Å². The summed E-state index contributed by atoms with van der Waals surface area (Å²) in [5.74, 6) is 1.44. The Hall–Kier alpha value is -2.62. The maximum absolute atomic E-state index is 12.0. The smallest absolute Gasteiger partial charge is 0.175 e. The third-order valence-electron chi connectivity index (χ3n) is 4.43. The molecular formula is C24H30O4. The summed E-state index contributed by atoms with van der Waals surface area (Å²) < 4.78 is 11.3. The van der Waals surface area contributed by atoms with Crippen molar-refractivity contribution in [1.82, 2.24) is 0 Å². The van der Waals surface area contributed by atoms with Gasteiger partial charge in [-0.05, 0) is 35.4 Å². The summed E-state index contributed by atoms with van der Waals surface area (Å²) in [4.78, 5) is 24.0. The predicted octanol–water partition coefficient (Wildman–Crippen LogP) is 5.34. The van der Waals surface area contributed by atoms with Gasteiger partial charge in [-0.3, -0.25) is 9.59 Å². The van der Waals surface area contributed by atoms with Crippen molar-refractivity contribution in [3.63, 3.8) is 0 Å². The van der Waals surface area contributed by atoms with Crippen molar-refractivity contribution in [2.75, 3.05) is 13.2 Å². The molecular weight excluding hydrogens is 352 g/mol. The average Bonchev–Trinajstić information content (AvgIpc) is 2.63. The maximum Gasteiger partial charge on any atom is 0.175 e. The summed E-state index contributed by atoms with van der Waals surface area (Å²) in [6.07, 6.45) is 0. The summed E-state index contributed by atoms with van der Waals surface area (Å²) in [6.45, 7) is 11.4. The first-order chi connectivity index (χ1) is 13.0. The van der Waals surface area contributed by atoms with Crippen LogP contribution >= 0.6 is 0 Å². The molecule has 0 unspecified atom stereocenters. The number of Topliss-reactive ketones (excluding diaryl/α,β-unsaturated/α-hetero) is 2. The lowest BCUT2D eigenvalue weighted by atomic mass is 9.91. The molecule has 0 aliphatic rings. The van der Waals surface area contributed by atoms with Crippen molar-refractivity contribution in [2.24, 2.45) is 10.8 Å². The van der Waals surface area contributed by atoms with Gasteiger partial charge in [-0.15, -0.1) is 0 Å². The number of ketones is 2. The molecule has 2 aromatic rings. The van der Waals surface area contributed by atoms with Gasteiger partial charge in [0.15, 0.2) is 11.6 Å². The summed E-state index contributed by atoms with van der Waals surface area (Å²) in [5.41, 5.74) is 1.16. The SMILES string of the molecule is CC(C)(C)C(=O)COc1ccc(-c2cccc(OCC(=O)C(C)(C)C)c2)cc1. The Kier molecular flexibility index (Phi) is 6.65. The zero-order chi connectivity index (χ0) is 20.9. The third-order valence-corrected chi connectivity index (χ3v) is 4.43. The van der Waals surface area contributed by atoms with Crippen LogP contribution in [-0.2, 0) is 9.59 Å². The summed E-state index contributed by atoms with van der Waals surface area (Å²) >= 11 is 0. The van der Waals surface area contributed by atoms with E-state index in [1.165, 1.54) is 0 Å². The second-order valence-electron chi connectivity index (χ2n) is 8.98. The minimum Gasteiger partial charge on any atom is -0.486 e. The average molecular weight is 383 g/mol. The molecule has 0 radical (unpaired) electrons. The number of ether oxygens (including phenoxy) is 2. The summed E-state index contributed by atoms with van der Waals surface area (Å²) in [6, 6.07) is 15.2. The Morgan fingerprint density at radius 1 is 0.679 bits per heavy atom. The highest BCUT2D eigenvalue weighted by molar-refractivity contribution is 5.85. The van der Waals surface area contributed by atoms with Gasteiger partial charge in [0.1, 0.15) is 24.7 Å². The molecule has 0 saturated heterocycles. The molecule has 0 spiro atoms. The molecule has 0 amide bonds. The second-order valence-corrected chi connectivity index (χ2v) is 8.98. The molecule has 4 nitrogen and oxygen atoms in total. The number of benzene rings is 2. The van der Waals surface area contributed by atoms with E-state index in [2.05, 4.69) is 0 Å². The minimum absolute atomic E-state index is 0.0571. The maximum atomic E-state index is 12.0. The summed E-state index contributed by atoms with van der Waals surface area (Å²) in [7, 11) is 0. The van der Waals surface area contributed by atoms with E-state index in [0.717, 1.165) is 11.1 Å². The molecule has 0 aromatic heterocycles. The zero-order valence-corrected chi connectivity index (χ0v) is 17.7. The van der Waals surface area contributed by atoms with Crippen molar-refractivity contribution in [2.45, 2.75) is 41.5 Å². The van der Waals surface area contributed by atoms with Gasteiger partial charge in [-0.2, -0.15) is 0 Å². The molecule has 0 bridgehead atoms. The van der Waals surface area contributed by atoms with E-state index in [1.807, 2.05) is 90.1 Å². The van der Waals surface area contributed by atoms with Gasteiger partial charge in [0.2, 0.25) is 0 Å². The number of carbonyl (C=O) groups excluding carboxylic acids is 2. The zero-order valence-electron chi connectivity index (χ0n) is 17.7. The van der Waals surface area contributed by atoms with Crippen LogP contribution in [0.2, 0.25) is 0 Å². The molecule has 0 heterocycles. The van der Waals surface area contributed by atoms with Crippen LogP contribution in [0.25, 0.3) is 11.1 Å². The van der Waals surface area contributed by atoms with Crippen LogP contribution in [0.3, 0.4) is 0 Å². The standard InChI is InChI=1S/C24H30O4/c1-23(2,3)21(25)15-27-19-12-10-17(11-13-19)18-8-7-9-20(14-18)28-16-22(26)24(4,5)6/h7-14H,15-16H2,1-6H3. The van der Waals surface area contributed by atoms with Crippen LogP contribution in [0.4, 0.5) is 0 Å². The molecule has 0 atom stereocenters. The van der Waals surface area contributed by atoms with E-state index in [4.69, 9.17) is 9.47 Å². The molecule has 0 aliphatic heterocycles. The van der Waals surface area contributed by atoms with Gasteiger partial charge >= 0.3 is 0 Å². The van der Waals surface area contributed by atoms with Crippen LogP contribution in [0.5, 0.6) is 11.5 Å². The van der Waals surface area contributed by atoms with E-state index in [-0.39, 0.29) is 24.8 Å². The van der Waals surface area contributed by atoms with Crippen LogP contribution in [0, 0.1) is 10.8 Å². The van der Waals surface area contributed by atoms with E-state index < -0.39 is 10.8 Å². The lowest BCUT2D eigenvalue weighted by Gasteiger charge is -2.17. The van der Waals surface area contributed by atoms with Crippen molar-refractivity contribution >= 4 is 11.6 Å². The Morgan fingerprint density at radius 3 is 1.68 bits per heavy atom.